The molecule has 1 saturated heterocycles. The Morgan fingerprint density at radius 2 is 2.00 bits per heavy atom. The second-order valence-electron chi connectivity index (χ2n) is 6.11. The van der Waals surface area contributed by atoms with E-state index in [1.54, 1.807) is 0 Å². The molecule has 1 atom stereocenters. The molecular formula is C17H17BrClNO. The fourth-order valence-corrected chi connectivity index (χ4v) is 4.14. The van der Waals surface area contributed by atoms with Gasteiger partial charge in [-0.1, -0.05) is 27.5 Å². The number of ether oxygens (including phenoxy) is 1. The van der Waals surface area contributed by atoms with E-state index in [-0.39, 0.29) is 0 Å². The Kier molecular flexibility index (Phi) is 3.68. The zero-order valence-electron chi connectivity index (χ0n) is 11.7. The number of pyridine rings is 1. The summed E-state index contributed by atoms with van der Waals surface area (Å²) in [7, 11) is 0. The summed E-state index contributed by atoms with van der Waals surface area (Å²) in [6.45, 7) is 1.73. The van der Waals surface area contributed by atoms with Crippen molar-refractivity contribution in [3.05, 3.63) is 39.0 Å². The molecule has 0 bridgehead atoms. The van der Waals surface area contributed by atoms with Crippen LogP contribution in [0.2, 0.25) is 5.02 Å². The summed E-state index contributed by atoms with van der Waals surface area (Å²) in [5.74, 6) is 1.14. The molecule has 1 aromatic heterocycles. The summed E-state index contributed by atoms with van der Waals surface area (Å²) in [5, 5.41) is 1.89. The smallest absolute Gasteiger partial charge is 0.0731 e. The van der Waals surface area contributed by atoms with E-state index in [0.29, 0.717) is 11.8 Å². The highest BCUT2D eigenvalue weighted by Crippen LogP contribution is 2.45. The van der Waals surface area contributed by atoms with Crippen molar-refractivity contribution >= 4 is 38.4 Å². The maximum absolute atomic E-state index is 6.17. The Bertz CT molecular complexity index is 693. The molecule has 0 N–H and O–H groups in total. The van der Waals surface area contributed by atoms with E-state index < -0.39 is 0 Å². The first kappa shape index (κ1) is 14.0. The van der Waals surface area contributed by atoms with E-state index >= 15 is 0 Å². The number of halogens is 2. The molecule has 1 aliphatic carbocycles. The van der Waals surface area contributed by atoms with Crippen LogP contribution in [0.4, 0.5) is 0 Å². The summed E-state index contributed by atoms with van der Waals surface area (Å²) < 4.78 is 6.72. The van der Waals surface area contributed by atoms with Crippen LogP contribution in [0.15, 0.2) is 22.7 Å². The van der Waals surface area contributed by atoms with Gasteiger partial charge in [-0.05, 0) is 49.4 Å². The summed E-state index contributed by atoms with van der Waals surface area (Å²) in [6, 6.07) is 6.23. The number of hydrogen-bond acceptors (Lipinski definition) is 2. The Balaban J connectivity index is 1.88. The van der Waals surface area contributed by atoms with Gasteiger partial charge in [0.15, 0.2) is 0 Å². The summed E-state index contributed by atoms with van der Waals surface area (Å²) in [5.41, 5.74) is 3.68. The summed E-state index contributed by atoms with van der Waals surface area (Å²) in [6.07, 6.45) is 4.88. The van der Waals surface area contributed by atoms with E-state index in [1.807, 2.05) is 12.1 Å². The first-order valence-electron chi connectivity index (χ1n) is 7.59. The van der Waals surface area contributed by atoms with Crippen molar-refractivity contribution in [2.75, 3.05) is 13.2 Å². The molecule has 1 aliphatic heterocycles. The second kappa shape index (κ2) is 5.53. The minimum Gasteiger partial charge on any atom is -0.381 e. The van der Waals surface area contributed by atoms with Crippen molar-refractivity contribution in [2.24, 2.45) is 0 Å². The van der Waals surface area contributed by atoms with Crippen LogP contribution >= 0.6 is 27.5 Å². The maximum atomic E-state index is 6.17. The highest BCUT2D eigenvalue weighted by Gasteiger charge is 2.31. The standard InChI is InChI=1S/C17H17BrClNO/c18-15-6-12(19)7-16-14(15)8-13(11-2-1-5-21-9-11)17(20-16)10-3-4-10/h6-8,10-11H,1-5,9H2. The molecule has 0 spiro atoms. The largest absolute Gasteiger partial charge is 0.381 e. The third kappa shape index (κ3) is 2.71. The minimum atomic E-state index is 0.494. The van der Waals surface area contributed by atoms with Gasteiger partial charge in [-0.3, -0.25) is 4.98 Å². The SMILES string of the molecule is Clc1cc(Br)c2cc(C3CCCOC3)c(C3CC3)nc2c1. The molecule has 1 saturated carbocycles. The van der Waals surface area contributed by atoms with Crippen molar-refractivity contribution in [3.63, 3.8) is 0 Å². The Morgan fingerprint density at radius 1 is 1.14 bits per heavy atom. The lowest BCUT2D eigenvalue weighted by atomic mass is 9.90. The Morgan fingerprint density at radius 3 is 2.71 bits per heavy atom. The van der Waals surface area contributed by atoms with Crippen molar-refractivity contribution in [1.29, 1.82) is 0 Å². The van der Waals surface area contributed by atoms with Gasteiger partial charge in [0.25, 0.3) is 0 Å². The normalized spacial score (nSPS) is 22.7. The molecule has 2 aromatic rings. The zero-order valence-corrected chi connectivity index (χ0v) is 14.1. The summed E-state index contributed by atoms with van der Waals surface area (Å²) in [4.78, 5) is 4.96. The van der Waals surface area contributed by atoms with Crippen LogP contribution in [0, 0.1) is 0 Å². The lowest BCUT2D eigenvalue weighted by Crippen LogP contribution is -2.17. The molecule has 2 fully saturated rings. The topological polar surface area (TPSA) is 22.1 Å². The third-order valence-corrected chi connectivity index (χ3v) is 5.35. The molecular weight excluding hydrogens is 350 g/mol. The third-order valence-electron chi connectivity index (χ3n) is 4.47. The van der Waals surface area contributed by atoms with Gasteiger partial charge in [0.1, 0.15) is 0 Å². The fourth-order valence-electron chi connectivity index (χ4n) is 3.23. The van der Waals surface area contributed by atoms with Gasteiger partial charge >= 0.3 is 0 Å². The molecule has 110 valence electrons. The number of benzene rings is 1. The molecule has 2 nitrogen and oxygen atoms in total. The van der Waals surface area contributed by atoms with Gasteiger partial charge in [-0.25, -0.2) is 0 Å². The van der Waals surface area contributed by atoms with E-state index in [9.17, 15) is 0 Å². The molecule has 21 heavy (non-hydrogen) atoms. The second-order valence-corrected chi connectivity index (χ2v) is 7.40. The van der Waals surface area contributed by atoms with E-state index in [4.69, 9.17) is 21.3 Å². The predicted octanol–water partition coefficient (Wildman–Crippen LogP) is 5.42. The zero-order chi connectivity index (χ0) is 14.4. The van der Waals surface area contributed by atoms with Crippen LogP contribution in [0.5, 0.6) is 0 Å². The van der Waals surface area contributed by atoms with E-state index in [2.05, 4.69) is 22.0 Å². The molecule has 2 aliphatic rings. The minimum absolute atomic E-state index is 0.494. The Hall–Kier alpha value is -0.640. The first-order valence-corrected chi connectivity index (χ1v) is 8.77. The van der Waals surface area contributed by atoms with Crippen LogP contribution in [-0.4, -0.2) is 18.2 Å². The molecule has 1 unspecified atom stereocenters. The van der Waals surface area contributed by atoms with Crippen molar-refractivity contribution in [3.8, 4) is 0 Å². The number of hydrogen-bond donors (Lipinski definition) is 0. The van der Waals surface area contributed by atoms with Gasteiger partial charge in [0.2, 0.25) is 0 Å². The van der Waals surface area contributed by atoms with Crippen molar-refractivity contribution in [2.45, 2.75) is 37.5 Å². The molecule has 1 aromatic carbocycles. The van der Waals surface area contributed by atoms with Crippen LogP contribution in [0.25, 0.3) is 10.9 Å². The molecule has 2 heterocycles. The monoisotopic (exact) mass is 365 g/mol. The van der Waals surface area contributed by atoms with Crippen LogP contribution in [-0.2, 0) is 4.74 Å². The van der Waals surface area contributed by atoms with Crippen LogP contribution in [0.1, 0.15) is 48.8 Å². The molecule has 0 radical (unpaired) electrons. The lowest BCUT2D eigenvalue weighted by Gasteiger charge is -2.25. The quantitative estimate of drug-likeness (QED) is 0.708. The highest BCUT2D eigenvalue weighted by molar-refractivity contribution is 9.10. The average Bonchev–Trinajstić information content (AvgIpc) is 3.31. The van der Waals surface area contributed by atoms with Gasteiger partial charge in [-0.15, -0.1) is 0 Å². The Labute approximate surface area is 138 Å². The van der Waals surface area contributed by atoms with Crippen molar-refractivity contribution < 1.29 is 4.74 Å². The van der Waals surface area contributed by atoms with Crippen LogP contribution < -0.4 is 0 Å². The van der Waals surface area contributed by atoms with Gasteiger partial charge < -0.3 is 4.74 Å². The van der Waals surface area contributed by atoms with Gasteiger partial charge in [0.05, 0.1) is 12.1 Å². The highest BCUT2D eigenvalue weighted by atomic mass is 79.9. The number of nitrogens with zero attached hydrogens (tertiary/aromatic N) is 1. The van der Waals surface area contributed by atoms with E-state index in [0.717, 1.165) is 40.0 Å². The van der Waals surface area contributed by atoms with Crippen LogP contribution in [0.3, 0.4) is 0 Å². The molecule has 4 rings (SSSR count). The molecule has 0 amide bonds. The van der Waals surface area contributed by atoms with E-state index in [1.165, 1.54) is 30.5 Å². The predicted molar refractivity (Wildman–Crippen MR) is 89.2 cm³/mol. The lowest BCUT2D eigenvalue weighted by molar-refractivity contribution is 0.0801. The number of fused-ring (bicyclic) bond motifs is 1. The number of rotatable bonds is 2. The average molecular weight is 367 g/mol. The first-order chi connectivity index (χ1) is 10.2. The molecule has 4 heteroatoms. The number of aromatic nitrogens is 1. The maximum Gasteiger partial charge on any atom is 0.0731 e. The van der Waals surface area contributed by atoms with Crippen molar-refractivity contribution in [1.82, 2.24) is 4.98 Å². The fraction of sp³-hybridized carbons (Fsp3) is 0.471. The van der Waals surface area contributed by atoms with Gasteiger partial charge in [0, 0.05) is 39.0 Å². The van der Waals surface area contributed by atoms with Gasteiger partial charge in [-0.2, -0.15) is 0 Å². The summed E-state index contributed by atoms with van der Waals surface area (Å²) >= 11 is 9.80.